The zero-order valence-corrected chi connectivity index (χ0v) is 11.3. The van der Waals surface area contributed by atoms with Gasteiger partial charge in [0.1, 0.15) is 5.75 Å². The van der Waals surface area contributed by atoms with E-state index in [2.05, 4.69) is 31.4 Å². The van der Waals surface area contributed by atoms with Gasteiger partial charge in [0.2, 0.25) is 0 Å². The number of halogens is 1. The molecule has 0 radical (unpaired) electrons. The van der Waals surface area contributed by atoms with Crippen LogP contribution in [0.25, 0.3) is 0 Å². The summed E-state index contributed by atoms with van der Waals surface area (Å²) in [6.07, 6.45) is 1.83. The number of benzene rings is 1. The number of nitrogens with zero attached hydrogens (tertiary/aromatic N) is 1. The van der Waals surface area contributed by atoms with Gasteiger partial charge in [-0.25, -0.2) is 0 Å². The van der Waals surface area contributed by atoms with Crippen LogP contribution < -0.4 is 10.1 Å². The Kier molecular flexibility index (Phi) is 3.68. The van der Waals surface area contributed by atoms with Crippen LogP contribution in [0.2, 0.25) is 0 Å². The lowest BCUT2D eigenvalue weighted by Crippen LogP contribution is -2.00. The number of aromatic nitrogens is 2. The molecule has 0 atom stereocenters. The standard InChI is InChI=1S/C12H14BrN3O/c1-8-9(7-15-16-8)6-14-11-3-10(13)4-12(5-11)17-2/h3-5,7,14H,6H2,1-2H3,(H,15,16). The van der Waals surface area contributed by atoms with Crippen LogP contribution in [0.15, 0.2) is 28.9 Å². The van der Waals surface area contributed by atoms with Crippen molar-refractivity contribution in [3.05, 3.63) is 40.1 Å². The molecule has 17 heavy (non-hydrogen) atoms. The maximum absolute atomic E-state index is 5.21. The molecule has 4 nitrogen and oxygen atoms in total. The topological polar surface area (TPSA) is 49.9 Å². The summed E-state index contributed by atoms with van der Waals surface area (Å²) >= 11 is 3.45. The molecule has 0 spiro atoms. The third kappa shape index (κ3) is 3.00. The maximum atomic E-state index is 5.21. The predicted molar refractivity (Wildman–Crippen MR) is 71.3 cm³/mol. The van der Waals surface area contributed by atoms with E-state index in [1.807, 2.05) is 31.3 Å². The fourth-order valence-corrected chi connectivity index (χ4v) is 2.01. The van der Waals surface area contributed by atoms with E-state index in [9.17, 15) is 0 Å². The Labute approximate surface area is 109 Å². The summed E-state index contributed by atoms with van der Waals surface area (Å²) in [6.45, 7) is 2.74. The minimum atomic E-state index is 0.738. The normalized spacial score (nSPS) is 10.3. The molecule has 90 valence electrons. The minimum absolute atomic E-state index is 0.738. The van der Waals surface area contributed by atoms with Crippen LogP contribution in [-0.4, -0.2) is 17.3 Å². The van der Waals surface area contributed by atoms with E-state index < -0.39 is 0 Å². The van der Waals surface area contributed by atoms with Gasteiger partial charge in [-0.05, 0) is 19.1 Å². The molecule has 1 aromatic carbocycles. The highest BCUT2D eigenvalue weighted by atomic mass is 79.9. The second-order valence-electron chi connectivity index (χ2n) is 3.75. The number of anilines is 1. The van der Waals surface area contributed by atoms with Crippen molar-refractivity contribution in [2.24, 2.45) is 0 Å². The van der Waals surface area contributed by atoms with E-state index in [1.165, 1.54) is 0 Å². The lowest BCUT2D eigenvalue weighted by atomic mass is 10.2. The summed E-state index contributed by atoms with van der Waals surface area (Å²) in [4.78, 5) is 0. The molecule has 0 amide bonds. The second kappa shape index (κ2) is 5.23. The average Bonchev–Trinajstić information content (AvgIpc) is 2.71. The first kappa shape index (κ1) is 12.0. The Morgan fingerprint density at radius 1 is 1.41 bits per heavy atom. The molecule has 2 aromatic rings. The summed E-state index contributed by atoms with van der Waals surface area (Å²) in [5.74, 6) is 0.825. The van der Waals surface area contributed by atoms with Crippen LogP contribution in [-0.2, 0) is 6.54 Å². The van der Waals surface area contributed by atoms with Crippen molar-refractivity contribution in [2.45, 2.75) is 13.5 Å². The number of H-pyrrole nitrogens is 1. The molecule has 1 aromatic heterocycles. The van der Waals surface area contributed by atoms with Crippen molar-refractivity contribution in [3.8, 4) is 5.75 Å². The highest BCUT2D eigenvalue weighted by Gasteiger charge is 2.02. The van der Waals surface area contributed by atoms with Crippen molar-refractivity contribution in [3.63, 3.8) is 0 Å². The lowest BCUT2D eigenvalue weighted by molar-refractivity contribution is 0.414. The van der Waals surface area contributed by atoms with Crippen LogP contribution in [0.4, 0.5) is 5.69 Å². The largest absolute Gasteiger partial charge is 0.497 e. The van der Waals surface area contributed by atoms with Gasteiger partial charge in [0.25, 0.3) is 0 Å². The van der Waals surface area contributed by atoms with E-state index in [0.717, 1.165) is 33.7 Å². The first-order valence-electron chi connectivity index (χ1n) is 5.26. The Balaban J connectivity index is 2.09. The molecule has 0 fully saturated rings. The van der Waals surface area contributed by atoms with Crippen molar-refractivity contribution in [1.82, 2.24) is 10.2 Å². The van der Waals surface area contributed by atoms with Gasteiger partial charge in [-0.2, -0.15) is 5.10 Å². The third-order valence-corrected chi connectivity index (χ3v) is 2.98. The molecule has 0 saturated heterocycles. The van der Waals surface area contributed by atoms with Crippen LogP contribution >= 0.6 is 15.9 Å². The number of aromatic amines is 1. The first-order chi connectivity index (χ1) is 8.19. The van der Waals surface area contributed by atoms with Crippen molar-refractivity contribution < 1.29 is 4.74 Å². The van der Waals surface area contributed by atoms with E-state index in [-0.39, 0.29) is 0 Å². The van der Waals surface area contributed by atoms with Gasteiger partial charge in [-0.1, -0.05) is 15.9 Å². The minimum Gasteiger partial charge on any atom is -0.497 e. The van der Waals surface area contributed by atoms with Crippen molar-refractivity contribution in [2.75, 3.05) is 12.4 Å². The van der Waals surface area contributed by atoms with E-state index in [0.29, 0.717) is 0 Å². The number of methoxy groups -OCH3 is 1. The van der Waals surface area contributed by atoms with Gasteiger partial charge in [-0.15, -0.1) is 0 Å². The quantitative estimate of drug-likeness (QED) is 0.911. The summed E-state index contributed by atoms with van der Waals surface area (Å²) in [6, 6.07) is 5.90. The molecule has 5 heteroatoms. The maximum Gasteiger partial charge on any atom is 0.122 e. The van der Waals surface area contributed by atoms with Crippen LogP contribution in [0.3, 0.4) is 0 Å². The van der Waals surface area contributed by atoms with Gasteiger partial charge in [0.15, 0.2) is 0 Å². The molecule has 1 heterocycles. The molecule has 0 saturated carbocycles. The summed E-state index contributed by atoms with van der Waals surface area (Å²) < 4.78 is 6.20. The van der Waals surface area contributed by atoms with E-state index in [1.54, 1.807) is 7.11 Å². The molecular formula is C12H14BrN3O. The fraction of sp³-hybridized carbons (Fsp3) is 0.250. The molecule has 0 aliphatic rings. The van der Waals surface area contributed by atoms with Gasteiger partial charge >= 0.3 is 0 Å². The highest BCUT2D eigenvalue weighted by molar-refractivity contribution is 9.10. The fourth-order valence-electron chi connectivity index (χ4n) is 1.53. The van der Waals surface area contributed by atoms with E-state index in [4.69, 9.17) is 4.74 Å². The summed E-state index contributed by atoms with van der Waals surface area (Å²) in [5.41, 5.74) is 3.25. The molecule has 0 aliphatic heterocycles. The number of nitrogens with one attached hydrogen (secondary N) is 2. The number of aryl methyl sites for hydroxylation is 1. The monoisotopic (exact) mass is 295 g/mol. The van der Waals surface area contributed by atoms with Crippen molar-refractivity contribution in [1.29, 1.82) is 0 Å². The Bertz CT molecular complexity index is 510. The number of ether oxygens (including phenoxy) is 1. The Morgan fingerprint density at radius 3 is 2.88 bits per heavy atom. The molecule has 0 aliphatic carbocycles. The second-order valence-corrected chi connectivity index (χ2v) is 4.67. The zero-order valence-electron chi connectivity index (χ0n) is 9.75. The zero-order chi connectivity index (χ0) is 12.3. The summed E-state index contributed by atoms with van der Waals surface area (Å²) in [5, 5.41) is 10.2. The average molecular weight is 296 g/mol. The SMILES string of the molecule is COc1cc(Br)cc(NCc2cn[nH]c2C)c1. The van der Waals surface area contributed by atoms with Gasteiger partial charge < -0.3 is 10.1 Å². The third-order valence-electron chi connectivity index (χ3n) is 2.52. The van der Waals surface area contributed by atoms with Crippen LogP contribution in [0, 0.1) is 6.92 Å². The van der Waals surface area contributed by atoms with Crippen LogP contribution in [0.1, 0.15) is 11.3 Å². The molecule has 2 N–H and O–H groups in total. The van der Waals surface area contributed by atoms with Gasteiger partial charge in [0, 0.05) is 34.0 Å². The Hall–Kier alpha value is -1.49. The summed E-state index contributed by atoms with van der Waals surface area (Å²) in [7, 11) is 1.66. The highest BCUT2D eigenvalue weighted by Crippen LogP contribution is 2.24. The molecule has 2 rings (SSSR count). The van der Waals surface area contributed by atoms with Gasteiger partial charge in [-0.3, -0.25) is 5.10 Å². The number of hydrogen-bond acceptors (Lipinski definition) is 3. The number of rotatable bonds is 4. The smallest absolute Gasteiger partial charge is 0.122 e. The predicted octanol–water partition coefficient (Wildman–Crippen LogP) is 3.10. The molecule has 0 bridgehead atoms. The molecule has 0 unspecified atom stereocenters. The van der Waals surface area contributed by atoms with E-state index >= 15 is 0 Å². The molecular weight excluding hydrogens is 282 g/mol. The van der Waals surface area contributed by atoms with Gasteiger partial charge in [0.05, 0.1) is 13.3 Å². The Morgan fingerprint density at radius 2 is 2.24 bits per heavy atom. The van der Waals surface area contributed by atoms with Crippen molar-refractivity contribution >= 4 is 21.6 Å². The van der Waals surface area contributed by atoms with Crippen LogP contribution in [0.5, 0.6) is 5.75 Å². The number of hydrogen-bond donors (Lipinski definition) is 2. The first-order valence-corrected chi connectivity index (χ1v) is 6.05. The lowest BCUT2D eigenvalue weighted by Gasteiger charge is -2.08.